The highest BCUT2D eigenvalue weighted by Crippen LogP contribution is 2.29. The van der Waals surface area contributed by atoms with Gasteiger partial charge in [-0.05, 0) is 12.5 Å². The zero-order valence-corrected chi connectivity index (χ0v) is 12.0. The molecule has 2 rings (SSSR count). The number of amides is 1. The van der Waals surface area contributed by atoms with Gasteiger partial charge in [0.1, 0.15) is 0 Å². The number of rotatable bonds is 5. The number of anilines is 1. The van der Waals surface area contributed by atoms with Crippen LogP contribution in [0.4, 0.5) is 11.4 Å². The van der Waals surface area contributed by atoms with E-state index in [0.29, 0.717) is 24.5 Å². The third kappa shape index (κ3) is 3.19. The number of likely N-dealkylation sites (N-methyl/N-ethyl adjacent to an activating group) is 1. The smallest absolute Gasteiger partial charge is 0.271 e. The van der Waals surface area contributed by atoms with E-state index in [1.165, 1.54) is 12.1 Å². The van der Waals surface area contributed by atoms with Crippen molar-refractivity contribution in [1.29, 1.82) is 0 Å². The summed E-state index contributed by atoms with van der Waals surface area (Å²) in [5, 5.41) is 11.0. The molecule has 0 bridgehead atoms. The Kier molecular flexibility index (Phi) is 4.44. The molecule has 0 saturated carbocycles. The number of hydrogen-bond donors (Lipinski definition) is 0. The van der Waals surface area contributed by atoms with Gasteiger partial charge < -0.3 is 9.80 Å². The van der Waals surface area contributed by atoms with Gasteiger partial charge in [0, 0.05) is 45.2 Å². The highest BCUT2D eigenvalue weighted by atomic mass is 35.5. The van der Waals surface area contributed by atoms with Crippen molar-refractivity contribution in [1.82, 2.24) is 4.90 Å². The third-order valence-corrected chi connectivity index (χ3v) is 3.73. The number of nitrogens with zero attached hydrogens (tertiary/aromatic N) is 3. The van der Waals surface area contributed by atoms with Crippen LogP contribution in [-0.2, 0) is 4.79 Å². The molecule has 0 aromatic heterocycles. The second-order valence-electron chi connectivity index (χ2n) is 4.80. The van der Waals surface area contributed by atoms with Gasteiger partial charge >= 0.3 is 0 Å². The number of nitro benzene ring substituents is 1. The Balaban J connectivity index is 2.00. The summed E-state index contributed by atoms with van der Waals surface area (Å²) in [6.07, 6.45) is 1.54. The van der Waals surface area contributed by atoms with E-state index in [2.05, 4.69) is 0 Å². The molecule has 108 valence electrons. The molecule has 0 radical (unpaired) electrons. The van der Waals surface area contributed by atoms with Crippen LogP contribution in [0.3, 0.4) is 0 Å². The fourth-order valence-electron chi connectivity index (χ4n) is 2.25. The molecule has 6 nitrogen and oxygen atoms in total. The van der Waals surface area contributed by atoms with Gasteiger partial charge in [0.2, 0.25) is 5.91 Å². The van der Waals surface area contributed by atoms with Gasteiger partial charge in [0.05, 0.1) is 15.6 Å². The number of nitro groups is 1. The monoisotopic (exact) mass is 297 g/mol. The van der Waals surface area contributed by atoms with Crippen LogP contribution < -0.4 is 4.90 Å². The molecule has 1 saturated heterocycles. The molecule has 1 amide bonds. The number of likely N-dealkylation sites (tertiary alicyclic amines) is 1. The summed E-state index contributed by atoms with van der Waals surface area (Å²) in [6, 6.07) is 4.40. The molecule has 1 heterocycles. The summed E-state index contributed by atoms with van der Waals surface area (Å²) in [7, 11) is 1.85. The van der Waals surface area contributed by atoms with E-state index < -0.39 is 4.92 Å². The van der Waals surface area contributed by atoms with Gasteiger partial charge in [-0.2, -0.15) is 0 Å². The maximum absolute atomic E-state index is 11.5. The van der Waals surface area contributed by atoms with E-state index in [1.54, 1.807) is 6.07 Å². The van der Waals surface area contributed by atoms with Gasteiger partial charge in [-0.1, -0.05) is 11.6 Å². The highest BCUT2D eigenvalue weighted by molar-refractivity contribution is 6.33. The molecule has 1 aromatic rings. The summed E-state index contributed by atoms with van der Waals surface area (Å²) in [5.74, 6) is 0.188. The number of halogens is 1. The molecule has 1 fully saturated rings. The van der Waals surface area contributed by atoms with Gasteiger partial charge in [0.15, 0.2) is 0 Å². The first-order valence-corrected chi connectivity index (χ1v) is 6.79. The minimum absolute atomic E-state index is 0.0260. The number of carbonyl (C=O) groups excluding carboxylic acids is 1. The van der Waals surface area contributed by atoms with Crippen LogP contribution in [0.25, 0.3) is 0 Å². The predicted molar refractivity (Wildman–Crippen MR) is 77.2 cm³/mol. The largest absolute Gasteiger partial charge is 0.372 e. The van der Waals surface area contributed by atoms with Crippen molar-refractivity contribution in [3.05, 3.63) is 33.3 Å². The van der Waals surface area contributed by atoms with Gasteiger partial charge in [-0.25, -0.2) is 0 Å². The van der Waals surface area contributed by atoms with Crippen LogP contribution in [0.2, 0.25) is 5.02 Å². The summed E-state index contributed by atoms with van der Waals surface area (Å²) < 4.78 is 0. The quantitative estimate of drug-likeness (QED) is 0.618. The second-order valence-corrected chi connectivity index (χ2v) is 5.21. The maximum Gasteiger partial charge on any atom is 0.271 e. The number of carbonyl (C=O) groups is 1. The van der Waals surface area contributed by atoms with Crippen molar-refractivity contribution in [3.63, 3.8) is 0 Å². The summed E-state index contributed by atoms with van der Waals surface area (Å²) >= 11 is 6.07. The molecule has 0 N–H and O–H groups in total. The molecule has 7 heteroatoms. The van der Waals surface area contributed by atoms with E-state index in [4.69, 9.17) is 11.6 Å². The number of benzene rings is 1. The van der Waals surface area contributed by atoms with Gasteiger partial charge in [0.25, 0.3) is 5.69 Å². The second kappa shape index (κ2) is 6.09. The third-order valence-electron chi connectivity index (χ3n) is 3.43. The van der Waals surface area contributed by atoms with Crippen LogP contribution in [-0.4, -0.2) is 42.4 Å². The minimum Gasteiger partial charge on any atom is -0.372 e. The highest BCUT2D eigenvalue weighted by Gasteiger charge is 2.20. The van der Waals surface area contributed by atoms with Gasteiger partial charge in [-0.3, -0.25) is 14.9 Å². The van der Waals surface area contributed by atoms with Crippen molar-refractivity contribution in [2.45, 2.75) is 12.8 Å². The fraction of sp³-hybridized carbons (Fsp3) is 0.462. The fourth-order valence-corrected chi connectivity index (χ4v) is 2.57. The molecule has 1 aliphatic rings. The lowest BCUT2D eigenvalue weighted by Crippen LogP contribution is -2.34. The maximum atomic E-state index is 11.5. The molecule has 0 atom stereocenters. The predicted octanol–water partition coefficient (Wildman–Crippen LogP) is 2.31. The first-order chi connectivity index (χ1) is 9.49. The first-order valence-electron chi connectivity index (χ1n) is 6.42. The van der Waals surface area contributed by atoms with Crippen LogP contribution in [0, 0.1) is 10.1 Å². The van der Waals surface area contributed by atoms with Crippen LogP contribution in [0.5, 0.6) is 0 Å². The zero-order valence-electron chi connectivity index (χ0n) is 11.2. The Labute approximate surface area is 122 Å². The van der Waals surface area contributed by atoms with Crippen LogP contribution >= 0.6 is 11.6 Å². The Morgan fingerprint density at radius 2 is 2.25 bits per heavy atom. The van der Waals surface area contributed by atoms with E-state index in [0.717, 1.165) is 18.7 Å². The van der Waals surface area contributed by atoms with E-state index in [-0.39, 0.29) is 11.6 Å². The van der Waals surface area contributed by atoms with Crippen LogP contribution in [0.15, 0.2) is 18.2 Å². The lowest BCUT2D eigenvalue weighted by atomic mass is 10.2. The molecular formula is C13H16ClN3O3. The minimum atomic E-state index is -0.474. The molecule has 0 aliphatic carbocycles. The van der Waals surface area contributed by atoms with Crippen molar-refractivity contribution in [2.24, 2.45) is 0 Å². The molecule has 20 heavy (non-hydrogen) atoms. The standard InChI is InChI=1S/C13H16ClN3O3/c1-15(7-8-16-6-2-3-13(16)18)12-5-4-10(17(19)20)9-11(12)14/h4-5,9H,2-3,6-8H2,1H3. The van der Waals surface area contributed by atoms with Crippen LogP contribution in [0.1, 0.15) is 12.8 Å². The Hall–Kier alpha value is -1.82. The molecule has 0 unspecified atom stereocenters. The number of hydrogen-bond acceptors (Lipinski definition) is 4. The summed E-state index contributed by atoms with van der Waals surface area (Å²) in [6.45, 7) is 2.09. The average Bonchev–Trinajstić information content (AvgIpc) is 2.81. The average molecular weight is 298 g/mol. The lowest BCUT2D eigenvalue weighted by molar-refractivity contribution is -0.384. The van der Waals surface area contributed by atoms with Crippen molar-refractivity contribution in [3.8, 4) is 0 Å². The normalized spacial score (nSPS) is 14.7. The Bertz CT molecular complexity index is 536. The van der Waals surface area contributed by atoms with Crippen molar-refractivity contribution >= 4 is 28.9 Å². The van der Waals surface area contributed by atoms with Crippen molar-refractivity contribution < 1.29 is 9.72 Å². The van der Waals surface area contributed by atoms with E-state index in [1.807, 2.05) is 16.8 Å². The molecule has 0 spiro atoms. The topological polar surface area (TPSA) is 66.7 Å². The molecule has 1 aromatic carbocycles. The number of non-ortho nitro benzene ring substituents is 1. The molecular weight excluding hydrogens is 282 g/mol. The lowest BCUT2D eigenvalue weighted by Gasteiger charge is -2.24. The Morgan fingerprint density at radius 3 is 2.80 bits per heavy atom. The SMILES string of the molecule is CN(CCN1CCCC1=O)c1ccc([N+](=O)[O-])cc1Cl. The van der Waals surface area contributed by atoms with E-state index >= 15 is 0 Å². The molecule has 1 aliphatic heterocycles. The Morgan fingerprint density at radius 1 is 1.50 bits per heavy atom. The first kappa shape index (κ1) is 14.6. The van der Waals surface area contributed by atoms with E-state index in [9.17, 15) is 14.9 Å². The van der Waals surface area contributed by atoms with Crippen molar-refractivity contribution in [2.75, 3.05) is 31.6 Å². The zero-order chi connectivity index (χ0) is 14.7. The summed E-state index contributed by atoms with van der Waals surface area (Å²) in [5.41, 5.74) is 0.700. The summed E-state index contributed by atoms with van der Waals surface area (Å²) in [4.78, 5) is 25.4. The van der Waals surface area contributed by atoms with Gasteiger partial charge in [-0.15, -0.1) is 0 Å².